The number of carbonyl (C=O) groups excluding carboxylic acids is 1. The van der Waals surface area contributed by atoms with Crippen LogP contribution in [0.25, 0.3) is 5.65 Å². The van der Waals surface area contributed by atoms with Gasteiger partial charge in [0.25, 0.3) is 5.91 Å². The van der Waals surface area contributed by atoms with E-state index in [2.05, 4.69) is 50.2 Å². The largest absolute Gasteiger partial charge is 0.338 e. The zero-order chi connectivity index (χ0) is 20.8. The van der Waals surface area contributed by atoms with Crippen LogP contribution in [0.5, 0.6) is 0 Å². The van der Waals surface area contributed by atoms with Crippen LogP contribution < -0.4 is 0 Å². The maximum absolute atomic E-state index is 13.5. The fourth-order valence-electron chi connectivity index (χ4n) is 6.36. The minimum Gasteiger partial charge on any atom is -0.338 e. The SMILES string of the molecule is O=C(c1cnn2cccnc12)N1C[C@H]2C[C@@H](C1)[C@H](Cc1ccccc1)N1CCCC[C@@H]21. The number of amides is 1. The molecule has 0 spiro atoms. The number of benzene rings is 1. The van der Waals surface area contributed by atoms with E-state index >= 15 is 0 Å². The Labute approximate surface area is 182 Å². The summed E-state index contributed by atoms with van der Waals surface area (Å²) in [6, 6.07) is 13.8. The summed E-state index contributed by atoms with van der Waals surface area (Å²) in [6.45, 7) is 2.90. The molecule has 6 heteroatoms. The van der Waals surface area contributed by atoms with Crippen LogP contribution in [-0.4, -0.2) is 62.0 Å². The molecule has 3 aliphatic rings. The van der Waals surface area contributed by atoms with Gasteiger partial charge in [-0.05, 0) is 55.7 Å². The van der Waals surface area contributed by atoms with Crippen molar-refractivity contribution in [3.05, 3.63) is 66.1 Å². The molecule has 0 aliphatic carbocycles. The number of piperidine rings is 3. The van der Waals surface area contributed by atoms with Crippen LogP contribution in [0.2, 0.25) is 0 Å². The number of rotatable bonds is 3. The van der Waals surface area contributed by atoms with E-state index in [0.29, 0.717) is 35.1 Å². The first-order valence-electron chi connectivity index (χ1n) is 11.7. The lowest BCUT2D eigenvalue weighted by Gasteiger charge is -2.57. The molecule has 0 radical (unpaired) electrons. The third kappa shape index (κ3) is 3.33. The van der Waals surface area contributed by atoms with E-state index in [0.717, 1.165) is 19.5 Å². The fraction of sp³-hybridized carbons (Fsp3) is 0.480. The Balaban J connectivity index is 1.30. The first-order chi connectivity index (χ1) is 15.3. The van der Waals surface area contributed by atoms with E-state index in [9.17, 15) is 4.79 Å². The fourth-order valence-corrected chi connectivity index (χ4v) is 6.36. The van der Waals surface area contributed by atoms with Crippen LogP contribution in [0.4, 0.5) is 0 Å². The molecule has 2 aromatic heterocycles. The van der Waals surface area contributed by atoms with Crippen LogP contribution in [0, 0.1) is 11.8 Å². The van der Waals surface area contributed by atoms with Crippen molar-refractivity contribution in [1.29, 1.82) is 0 Å². The average Bonchev–Trinajstić information content (AvgIpc) is 3.26. The molecule has 31 heavy (non-hydrogen) atoms. The third-order valence-corrected chi connectivity index (χ3v) is 7.71. The van der Waals surface area contributed by atoms with Crippen LogP contribution in [0.3, 0.4) is 0 Å². The van der Waals surface area contributed by atoms with E-state index in [1.165, 1.54) is 37.8 Å². The molecule has 6 rings (SSSR count). The number of fused-ring (bicyclic) bond motifs is 5. The van der Waals surface area contributed by atoms with Crippen LogP contribution in [-0.2, 0) is 6.42 Å². The van der Waals surface area contributed by atoms with Gasteiger partial charge in [-0.3, -0.25) is 9.69 Å². The minimum atomic E-state index is 0.0890. The second-order valence-electron chi connectivity index (χ2n) is 9.47. The van der Waals surface area contributed by atoms with Crippen molar-refractivity contribution in [3.8, 4) is 0 Å². The predicted octanol–water partition coefficient (Wildman–Crippen LogP) is 3.29. The summed E-state index contributed by atoms with van der Waals surface area (Å²) in [4.78, 5) is 22.9. The Morgan fingerprint density at radius 1 is 1.06 bits per heavy atom. The topological polar surface area (TPSA) is 53.7 Å². The van der Waals surface area contributed by atoms with Gasteiger partial charge in [0, 0.05) is 37.6 Å². The zero-order valence-corrected chi connectivity index (χ0v) is 17.8. The lowest BCUT2D eigenvalue weighted by atomic mass is 9.71. The normalized spacial score (nSPS) is 28.5. The van der Waals surface area contributed by atoms with E-state index < -0.39 is 0 Å². The van der Waals surface area contributed by atoms with Crippen LogP contribution in [0.1, 0.15) is 41.6 Å². The lowest BCUT2D eigenvalue weighted by molar-refractivity contribution is -0.0642. The molecule has 3 fully saturated rings. The molecule has 0 unspecified atom stereocenters. The molecule has 3 aromatic rings. The van der Waals surface area contributed by atoms with Crippen molar-refractivity contribution in [3.63, 3.8) is 0 Å². The molecular formula is C25H29N5O. The van der Waals surface area contributed by atoms with Gasteiger partial charge in [-0.25, -0.2) is 9.50 Å². The highest BCUT2D eigenvalue weighted by atomic mass is 16.2. The Kier molecular flexibility index (Phi) is 4.75. The van der Waals surface area contributed by atoms with E-state index in [-0.39, 0.29) is 5.91 Å². The molecule has 0 N–H and O–H groups in total. The van der Waals surface area contributed by atoms with E-state index in [1.54, 1.807) is 16.9 Å². The highest BCUT2D eigenvalue weighted by molar-refractivity contribution is 5.99. The monoisotopic (exact) mass is 415 g/mol. The molecule has 1 amide bonds. The molecular weight excluding hydrogens is 386 g/mol. The standard InChI is InChI=1S/C25H29N5O/c31-25(21-15-27-30-12-6-10-26-24(21)30)28-16-19-14-20(17-28)23(13-18-7-2-1-3-8-18)29-11-5-4-9-22(19)29/h1-3,6-8,10,12,15,19-20,22-23H,4-5,9,11,13-14,16-17H2/t19-,20+,22+,23+/m1/s1. The number of hydrogen-bond acceptors (Lipinski definition) is 4. The molecule has 3 saturated heterocycles. The highest BCUT2D eigenvalue weighted by Gasteiger charge is 2.48. The zero-order valence-electron chi connectivity index (χ0n) is 17.8. The van der Waals surface area contributed by atoms with Gasteiger partial charge < -0.3 is 4.90 Å². The van der Waals surface area contributed by atoms with Gasteiger partial charge in [-0.15, -0.1) is 0 Å². The van der Waals surface area contributed by atoms with Crippen LogP contribution >= 0.6 is 0 Å². The molecule has 2 bridgehead atoms. The molecule has 0 saturated carbocycles. The Morgan fingerprint density at radius 2 is 1.94 bits per heavy atom. The Hall–Kier alpha value is -2.73. The molecule has 5 heterocycles. The minimum absolute atomic E-state index is 0.0890. The van der Waals surface area contributed by atoms with Gasteiger partial charge in [-0.2, -0.15) is 5.10 Å². The summed E-state index contributed by atoms with van der Waals surface area (Å²) in [5.41, 5.74) is 2.69. The van der Waals surface area contributed by atoms with Gasteiger partial charge in [0.15, 0.2) is 5.65 Å². The number of nitrogens with zero attached hydrogens (tertiary/aromatic N) is 5. The van der Waals surface area contributed by atoms with Gasteiger partial charge in [0.05, 0.1) is 6.20 Å². The first-order valence-corrected chi connectivity index (χ1v) is 11.7. The molecule has 160 valence electrons. The average molecular weight is 416 g/mol. The number of aromatic nitrogens is 3. The van der Waals surface area contributed by atoms with Gasteiger partial charge >= 0.3 is 0 Å². The van der Waals surface area contributed by atoms with Crippen molar-refractivity contribution in [1.82, 2.24) is 24.4 Å². The molecule has 6 nitrogen and oxygen atoms in total. The number of carbonyl (C=O) groups is 1. The summed E-state index contributed by atoms with van der Waals surface area (Å²) < 4.78 is 1.69. The Morgan fingerprint density at radius 3 is 2.84 bits per heavy atom. The smallest absolute Gasteiger partial charge is 0.259 e. The van der Waals surface area contributed by atoms with Gasteiger partial charge in [0.1, 0.15) is 5.56 Å². The quantitative estimate of drug-likeness (QED) is 0.659. The second kappa shape index (κ2) is 7.75. The third-order valence-electron chi connectivity index (χ3n) is 7.71. The maximum Gasteiger partial charge on any atom is 0.259 e. The summed E-state index contributed by atoms with van der Waals surface area (Å²) in [5.74, 6) is 1.18. The summed E-state index contributed by atoms with van der Waals surface area (Å²) in [6.07, 6.45) is 11.5. The number of likely N-dealkylation sites (tertiary alicyclic amines) is 1. The van der Waals surface area contributed by atoms with Crippen molar-refractivity contribution < 1.29 is 4.79 Å². The van der Waals surface area contributed by atoms with Crippen LogP contribution in [0.15, 0.2) is 55.0 Å². The second-order valence-corrected chi connectivity index (χ2v) is 9.47. The summed E-state index contributed by atoms with van der Waals surface area (Å²) in [5, 5.41) is 4.34. The van der Waals surface area contributed by atoms with Crippen molar-refractivity contribution >= 4 is 11.6 Å². The van der Waals surface area contributed by atoms with E-state index in [4.69, 9.17) is 0 Å². The molecule has 3 aliphatic heterocycles. The molecule has 1 aromatic carbocycles. The van der Waals surface area contributed by atoms with Crippen molar-refractivity contribution in [2.24, 2.45) is 11.8 Å². The van der Waals surface area contributed by atoms with Gasteiger partial charge in [0.2, 0.25) is 0 Å². The molecule has 4 atom stereocenters. The number of hydrogen-bond donors (Lipinski definition) is 0. The Bertz CT molecular complexity index is 1080. The van der Waals surface area contributed by atoms with Crippen molar-refractivity contribution in [2.75, 3.05) is 19.6 Å². The summed E-state index contributed by atoms with van der Waals surface area (Å²) in [7, 11) is 0. The van der Waals surface area contributed by atoms with Crippen molar-refractivity contribution in [2.45, 2.75) is 44.2 Å². The first kappa shape index (κ1) is 19.0. The highest BCUT2D eigenvalue weighted by Crippen LogP contribution is 2.42. The predicted molar refractivity (Wildman–Crippen MR) is 119 cm³/mol. The van der Waals surface area contributed by atoms with E-state index in [1.807, 2.05) is 12.3 Å². The van der Waals surface area contributed by atoms with Gasteiger partial charge in [-0.1, -0.05) is 36.8 Å². The maximum atomic E-state index is 13.5. The summed E-state index contributed by atoms with van der Waals surface area (Å²) >= 11 is 0. The lowest BCUT2D eigenvalue weighted by Crippen LogP contribution is -2.64.